The Labute approximate surface area is 191 Å². The van der Waals surface area contributed by atoms with Gasteiger partial charge in [-0.3, -0.25) is 4.79 Å². The molecule has 0 spiro atoms. The summed E-state index contributed by atoms with van der Waals surface area (Å²) in [4.78, 5) is 14.3. The molecular weight excluding hydrogens is 520 g/mol. The lowest BCUT2D eigenvalue weighted by atomic mass is 9.69. The van der Waals surface area contributed by atoms with E-state index in [9.17, 15) is 15.0 Å². The largest absolute Gasteiger partial charge is 0.506 e. The van der Waals surface area contributed by atoms with E-state index in [0.717, 1.165) is 36.2 Å². The van der Waals surface area contributed by atoms with Gasteiger partial charge in [0.25, 0.3) is 5.91 Å². The zero-order chi connectivity index (χ0) is 21.1. The molecule has 1 aromatic heterocycles. The number of carbonyl (C=O) groups excluding carboxylic acids is 1. The van der Waals surface area contributed by atoms with Crippen LogP contribution >= 0.6 is 43.2 Å². The molecule has 0 fully saturated rings. The van der Waals surface area contributed by atoms with Gasteiger partial charge >= 0.3 is 0 Å². The van der Waals surface area contributed by atoms with Crippen LogP contribution in [-0.4, -0.2) is 16.1 Å². The first-order valence-corrected chi connectivity index (χ1v) is 12.2. The first-order chi connectivity index (χ1) is 13.6. The molecule has 1 aliphatic carbocycles. The Hall–Kier alpha value is -1.25. The van der Waals surface area contributed by atoms with Crippen LogP contribution in [-0.2, 0) is 12.8 Å². The fourth-order valence-corrected chi connectivity index (χ4v) is 6.75. The van der Waals surface area contributed by atoms with Gasteiger partial charge in [0.15, 0.2) is 0 Å². The number of carbonyl (C=O) groups is 1. The number of halogens is 2. The SMILES string of the molecule is CCC(C)(C)[C@@H]1CCc2c(sc3c2C(=O)N[C@H](c2cc(Br)c(O)c(Br)c2O)N3)C1. The molecule has 0 bridgehead atoms. The summed E-state index contributed by atoms with van der Waals surface area (Å²) >= 11 is 8.16. The highest BCUT2D eigenvalue weighted by molar-refractivity contribution is 9.11. The summed E-state index contributed by atoms with van der Waals surface area (Å²) in [5.41, 5.74) is 2.70. The summed E-state index contributed by atoms with van der Waals surface area (Å²) in [6.45, 7) is 6.91. The quantitative estimate of drug-likeness (QED) is 0.378. The number of benzene rings is 1. The minimum absolute atomic E-state index is 0.0785. The molecule has 5 nitrogen and oxygen atoms in total. The average molecular weight is 544 g/mol. The van der Waals surface area contributed by atoms with Crippen LogP contribution in [0.4, 0.5) is 5.00 Å². The predicted molar refractivity (Wildman–Crippen MR) is 123 cm³/mol. The van der Waals surface area contributed by atoms with E-state index < -0.39 is 6.17 Å². The van der Waals surface area contributed by atoms with Gasteiger partial charge < -0.3 is 20.8 Å². The summed E-state index contributed by atoms with van der Waals surface area (Å²) in [6, 6.07) is 1.62. The van der Waals surface area contributed by atoms with Gasteiger partial charge in [0, 0.05) is 10.4 Å². The molecule has 0 unspecified atom stereocenters. The van der Waals surface area contributed by atoms with E-state index in [1.807, 2.05) is 0 Å². The number of phenolic OH excluding ortho intramolecular Hbond substituents is 2. The van der Waals surface area contributed by atoms with Gasteiger partial charge in [0.1, 0.15) is 27.1 Å². The van der Waals surface area contributed by atoms with Crippen molar-refractivity contribution < 1.29 is 15.0 Å². The summed E-state index contributed by atoms with van der Waals surface area (Å²) in [5, 5.41) is 27.7. The van der Waals surface area contributed by atoms with E-state index in [1.165, 1.54) is 10.4 Å². The highest BCUT2D eigenvalue weighted by Crippen LogP contribution is 2.49. The lowest BCUT2D eigenvalue weighted by Gasteiger charge is -2.36. The molecule has 8 heteroatoms. The fourth-order valence-electron chi connectivity index (χ4n) is 4.25. The lowest BCUT2D eigenvalue weighted by Crippen LogP contribution is -2.38. The van der Waals surface area contributed by atoms with Crippen LogP contribution in [0.2, 0.25) is 0 Å². The number of anilines is 1. The van der Waals surface area contributed by atoms with E-state index in [4.69, 9.17) is 0 Å². The van der Waals surface area contributed by atoms with Crippen molar-refractivity contribution in [3.05, 3.63) is 36.6 Å². The number of hydrogen-bond donors (Lipinski definition) is 4. The topological polar surface area (TPSA) is 81.6 Å². The second kappa shape index (κ2) is 7.46. The third-order valence-corrected chi connectivity index (χ3v) is 9.11. The molecule has 4 rings (SSSR count). The number of fused-ring (bicyclic) bond motifs is 3. The van der Waals surface area contributed by atoms with E-state index in [-0.39, 0.29) is 27.3 Å². The Balaban J connectivity index is 1.68. The number of hydrogen-bond acceptors (Lipinski definition) is 5. The van der Waals surface area contributed by atoms with Gasteiger partial charge in [0.2, 0.25) is 0 Å². The molecule has 2 aliphatic rings. The van der Waals surface area contributed by atoms with Gasteiger partial charge in [0.05, 0.1) is 10.0 Å². The summed E-state index contributed by atoms with van der Waals surface area (Å²) in [5.74, 6) is 0.324. The molecule has 2 heterocycles. The van der Waals surface area contributed by atoms with Crippen molar-refractivity contribution in [1.29, 1.82) is 0 Å². The number of phenols is 2. The van der Waals surface area contributed by atoms with Gasteiger partial charge in [-0.1, -0.05) is 27.2 Å². The van der Waals surface area contributed by atoms with Crippen LogP contribution in [0.25, 0.3) is 0 Å². The molecule has 29 heavy (non-hydrogen) atoms. The Morgan fingerprint density at radius 3 is 2.66 bits per heavy atom. The molecule has 1 aliphatic heterocycles. The number of amides is 1. The Bertz CT molecular complexity index is 1000. The van der Waals surface area contributed by atoms with Crippen LogP contribution in [0.3, 0.4) is 0 Å². The maximum Gasteiger partial charge on any atom is 0.256 e. The highest BCUT2D eigenvalue weighted by Gasteiger charge is 2.38. The number of thiophene rings is 1. The zero-order valence-electron chi connectivity index (χ0n) is 16.5. The molecule has 0 saturated heterocycles. The minimum Gasteiger partial charge on any atom is -0.506 e. The van der Waals surface area contributed by atoms with Crippen LogP contribution in [0.15, 0.2) is 15.0 Å². The van der Waals surface area contributed by atoms with Gasteiger partial charge in [-0.2, -0.15) is 0 Å². The van der Waals surface area contributed by atoms with Crippen LogP contribution in [0, 0.1) is 11.3 Å². The lowest BCUT2D eigenvalue weighted by molar-refractivity contribution is 0.0934. The molecule has 2 aromatic rings. The molecule has 2 atom stereocenters. The third kappa shape index (κ3) is 3.47. The van der Waals surface area contributed by atoms with E-state index in [1.54, 1.807) is 17.4 Å². The molecule has 0 radical (unpaired) electrons. The third-order valence-electron chi connectivity index (χ3n) is 6.57. The van der Waals surface area contributed by atoms with Crippen molar-refractivity contribution >= 4 is 54.1 Å². The van der Waals surface area contributed by atoms with Crippen molar-refractivity contribution in [1.82, 2.24) is 5.32 Å². The highest BCUT2D eigenvalue weighted by atomic mass is 79.9. The molecule has 1 aromatic carbocycles. The van der Waals surface area contributed by atoms with Gasteiger partial charge in [-0.15, -0.1) is 11.3 Å². The minimum atomic E-state index is -0.578. The van der Waals surface area contributed by atoms with Crippen LogP contribution in [0.1, 0.15) is 66.1 Å². The Morgan fingerprint density at radius 1 is 1.24 bits per heavy atom. The maximum absolute atomic E-state index is 13.0. The van der Waals surface area contributed by atoms with Crippen LogP contribution in [0.5, 0.6) is 11.5 Å². The maximum atomic E-state index is 13.0. The van der Waals surface area contributed by atoms with E-state index >= 15 is 0 Å². The summed E-state index contributed by atoms with van der Waals surface area (Å²) < 4.78 is 0.632. The van der Waals surface area contributed by atoms with Crippen molar-refractivity contribution in [3.63, 3.8) is 0 Å². The first-order valence-electron chi connectivity index (χ1n) is 9.75. The summed E-state index contributed by atoms with van der Waals surface area (Å²) in [7, 11) is 0. The molecule has 0 saturated carbocycles. The monoisotopic (exact) mass is 542 g/mol. The fraction of sp³-hybridized carbons (Fsp3) is 0.476. The Morgan fingerprint density at radius 2 is 1.97 bits per heavy atom. The van der Waals surface area contributed by atoms with Gasteiger partial charge in [-0.05, 0) is 74.1 Å². The zero-order valence-corrected chi connectivity index (χ0v) is 20.5. The summed E-state index contributed by atoms with van der Waals surface area (Å²) in [6.07, 6.45) is 3.60. The van der Waals surface area contributed by atoms with Crippen molar-refractivity contribution in [2.24, 2.45) is 11.3 Å². The normalized spacial score (nSPS) is 21.2. The molecule has 4 N–H and O–H groups in total. The smallest absolute Gasteiger partial charge is 0.256 e. The second-order valence-corrected chi connectivity index (χ2v) is 11.3. The second-order valence-electron chi connectivity index (χ2n) is 8.50. The van der Waals surface area contributed by atoms with E-state index in [2.05, 4.69) is 63.3 Å². The van der Waals surface area contributed by atoms with Crippen molar-refractivity contribution in [3.8, 4) is 11.5 Å². The molecule has 1 amide bonds. The van der Waals surface area contributed by atoms with Crippen LogP contribution < -0.4 is 10.6 Å². The average Bonchev–Trinajstić information content (AvgIpc) is 3.07. The van der Waals surface area contributed by atoms with Crippen molar-refractivity contribution in [2.45, 2.75) is 52.6 Å². The van der Waals surface area contributed by atoms with Crippen molar-refractivity contribution in [2.75, 3.05) is 5.32 Å². The number of aromatic hydroxyl groups is 2. The molecular formula is C21H24Br2N2O3S. The first kappa shape index (κ1) is 21.0. The Kier molecular flexibility index (Phi) is 5.40. The van der Waals surface area contributed by atoms with E-state index in [0.29, 0.717) is 16.0 Å². The van der Waals surface area contributed by atoms with Gasteiger partial charge in [-0.25, -0.2) is 0 Å². The number of rotatable bonds is 3. The predicted octanol–water partition coefficient (Wildman–Crippen LogP) is 6.08. The number of nitrogens with one attached hydrogen (secondary N) is 2. The molecule has 156 valence electrons. The standard InChI is InChI=1S/C21H24Br2N2O3S/c1-4-21(2,3)9-5-6-10-13(7-9)29-20-14(10)19(28)24-18(25-20)11-8-12(22)17(27)15(23)16(11)26/h8-9,18,25-27H,4-7H2,1-3H3,(H,24,28)/t9-,18+/m1/s1.